The van der Waals surface area contributed by atoms with Crippen LogP contribution in [0.5, 0.6) is 0 Å². The molecule has 53 heavy (non-hydrogen) atoms. The van der Waals surface area contributed by atoms with Gasteiger partial charge in [0.1, 0.15) is 0 Å². The van der Waals surface area contributed by atoms with E-state index in [0.717, 1.165) is 34.8 Å². The Balaban J connectivity index is 0.000000184. The van der Waals surface area contributed by atoms with Gasteiger partial charge in [-0.2, -0.15) is 24.3 Å². The summed E-state index contributed by atoms with van der Waals surface area (Å²) in [6.45, 7) is 0.0888. The van der Waals surface area contributed by atoms with Crippen LogP contribution < -0.4 is 0 Å². The summed E-state index contributed by atoms with van der Waals surface area (Å²) in [5.41, 5.74) is 1.85. The van der Waals surface area contributed by atoms with Crippen LogP contribution in [-0.4, -0.2) is 46.5 Å². The van der Waals surface area contributed by atoms with Gasteiger partial charge in [0.05, 0.1) is 22.3 Å². The number of carbonyl (C=O) groups is 4. The first-order chi connectivity index (χ1) is 25.2. The molecular formula is C42H30F4N2O4Ti. The summed E-state index contributed by atoms with van der Waals surface area (Å²) in [5, 5.41) is 0. The molecule has 264 valence electrons. The smallest absolute Gasteiger partial charge is 0.275 e. The molecule has 0 fully saturated rings. The van der Waals surface area contributed by atoms with Gasteiger partial charge < -0.3 is 0 Å². The van der Waals surface area contributed by atoms with Crippen LogP contribution in [0.4, 0.5) is 17.6 Å². The summed E-state index contributed by atoms with van der Waals surface area (Å²) in [5.74, 6) is -4.71. The quantitative estimate of drug-likeness (QED) is 0.0873. The Morgan fingerprint density at radius 1 is 0.509 bits per heavy atom. The third kappa shape index (κ3) is 10.3. The summed E-state index contributed by atoms with van der Waals surface area (Å²) < 4.78 is 52.6. The fourth-order valence-electron chi connectivity index (χ4n) is 5.36. The van der Waals surface area contributed by atoms with Gasteiger partial charge in [0.2, 0.25) is 0 Å². The Morgan fingerprint density at radius 2 is 0.849 bits per heavy atom. The number of nitrogens with zero attached hydrogens (tertiary/aromatic N) is 2. The van der Waals surface area contributed by atoms with Crippen molar-refractivity contribution in [1.82, 2.24) is 9.80 Å². The molecule has 4 amide bonds. The number of hydrogen-bond donors (Lipinski definition) is 0. The zero-order valence-corrected chi connectivity index (χ0v) is 29.7. The summed E-state index contributed by atoms with van der Waals surface area (Å²) in [6, 6.07) is 21.7. The third-order valence-corrected chi connectivity index (χ3v) is 8.02. The molecule has 0 radical (unpaired) electrons. The van der Waals surface area contributed by atoms with Crippen molar-refractivity contribution in [3.05, 3.63) is 190 Å². The molecule has 2 aliphatic heterocycles. The maximum atomic E-state index is 13.5. The molecule has 0 unspecified atom stereocenters. The zero-order valence-electron chi connectivity index (χ0n) is 28.2. The van der Waals surface area contributed by atoms with Gasteiger partial charge in [0, 0.05) is 36.4 Å². The fraction of sp³-hybridized carbons (Fsp3) is 0.143. The molecule has 0 spiro atoms. The fourth-order valence-corrected chi connectivity index (χ4v) is 5.36. The number of hydrogen-bond acceptors (Lipinski definition) is 4. The minimum absolute atomic E-state index is 0. The van der Waals surface area contributed by atoms with E-state index in [1.807, 2.05) is 36.4 Å². The maximum absolute atomic E-state index is 13.5. The molecule has 2 aliphatic carbocycles. The molecular weight excluding hydrogens is 720 g/mol. The van der Waals surface area contributed by atoms with E-state index >= 15 is 0 Å². The second-order valence-electron chi connectivity index (χ2n) is 11.4. The van der Waals surface area contributed by atoms with Gasteiger partial charge in [0.25, 0.3) is 23.6 Å². The Hall–Kier alpha value is -5.45. The van der Waals surface area contributed by atoms with Gasteiger partial charge in [-0.25, -0.2) is 41.9 Å². The minimum Gasteiger partial charge on any atom is -0.275 e. The standard InChI is InChI=1S/2C16H10F2NO2.2C5H5.Ti/c2*17-11-6-5-10(14(18)9-11)7-8-19-15(20)12-3-1-2-4-13(12)16(19)21;2*1-2-4-5-3-1;/h2*1-6H,7-8H2;2*1-3H,4H2;/q4*-1;+4. The molecule has 0 atom stereocenters. The summed E-state index contributed by atoms with van der Waals surface area (Å²) in [6.07, 6.45) is 20.2. The third-order valence-electron chi connectivity index (χ3n) is 8.02. The van der Waals surface area contributed by atoms with E-state index in [1.165, 1.54) is 12.1 Å². The molecule has 0 saturated heterocycles. The number of fused-ring (bicyclic) bond motifs is 2. The summed E-state index contributed by atoms with van der Waals surface area (Å²) in [7, 11) is 0. The van der Waals surface area contributed by atoms with Crippen LogP contribution in [0.1, 0.15) is 65.4 Å². The van der Waals surface area contributed by atoms with E-state index in [9.17, 15) is 36.7 Å². The number of imide groups is 2. The predicted octanol–water partition coefficient (Wildman–Crippen LogP) is 7.82. The summed E-state index contributed by atoms with van der Waals surface area (Å²) >= 11 is 0. The van der Waals surface area contributed by atoms with E-state index in [1.54, 1.807) is 48.5 Å². The first-order valence-electron chi connectivity index (χ1n) is 16.2. The van der Waals surface area contributed by atoms with Crippen LogP contribution >= 0.6 is 0 Å². The monoisotopic (exact) mass is 750 g/mol. The number of benzene rings is 4. The topological polar surface area (TPSA) is 74.8 Å². The van der Waals surface area contributed by atoms with Crippen molar-refractivity contribution in [3.8, 4) is 0 Å². The molecule has 0 N–H and O–H groups in total. The van der Waals surface area contributed by atoms with Gasteiger partial charge in [-0.05, 0) is 24.3 Å². The molecule has 8 rings (SSSR count). The van der Waals surface area contributed by atoms with Crippen molar-refractivity contribution in [3.63, 3.8) is 0 Å². The van der Waals surface area contributed by atoms with Crippen LogP contribution in [0.15, 0.2) is 109 Å². The van der Waals surface area contributed by atoms with E-state index in [2.05, 4.69) is 24.3 Å². The van der Waals surface area contributed by atoms with Crippen molar-refractivity contribution in [2.24, 2.45) is 0 Å². The molecule has 4 aromatic carbocycles. The van der Waals surface area contributed by atoms with Crippen molar-refractivity contribution in [2.45, 2.75) is 25.7 Å². The number of rotatable bonds is 6. The molecule has 0 bridgehead atoms. The van der Waals surface area contributed by atoms with Gasteiger partial charge in [-0.3, -0.25) is 41.1 Å². The van der Waals surface area contributed by atoms with Crippen molar-refractivity contribution in [1.29, 1.82) is 0 Å². The van der Waals surface area contributed by atoms with E-state index < -0.39 is 23.3 Å². The molecule has 0 saturated carbocycles. The Morgan fingerprint density at radius 3 is 1.09 bits per heavy atom. The molecule has 11 heteroatoms. The van der Waals surface area contributed by atoms with E-state index in [-0.39, 0.29) is 82.4 Å². The molecule has 2 heterocycles. The number of allylic oxidation sites excluding steroid dienone is 8. The average Bonchev–Trinajstić information content (AvgIpc) is 3.99. The SMILES string of the molecule is O=C1c2ccccc2C(=O)N1CCc1ccc(F)[c-]c1F.O=C1c2ccccc2C(=O)N1CCc1ccc(F)[c-]c1F.[C-]1=CC=CC1.[C-]1=CC=CC1.[Ti+4]. The minimum atomic E-state index is -0.799. The molecule has 6 nitrogen and oxygen atoms in total. The molecule has 0 aromatic heterocycles. The first-order valence-corrected chi connectivity index (χ1v) is 16.2. The normalized spacial score (nSPS) is 14.2. The van der Waals surface area contributed by atoms with E-state index in [0.29, 0.717) is 22.3 Å². The molecule has 4 aromatic rings. The number of carbonyl (C=O) groups excluding carboxylic acids is 4. The van der Waals surface area contributed by atoms with Gasteiger partial charge in [-0.1, -0.05) is 37.1 Å². The Bertz CT molecular complexity index is 1870. The van der Waals surface area contributed by atoms with Gasteiger partial charge >= 0.3 is 21.7 Å². The van der Waals surface area contributed by atoms with Crippen LogP contribution in [0.25, 0.3) is 0 Å². The van der Waals surface area contributed by atoms with Gasteiger partial charge in [-0.15, -0.1) is 48.2 Å². The van der Waals surface area contributed by atoms with E-state index in [4.69, 9.17) is 0 Å². The largest absolute Gasteiger partial charge is 4.00 e. The Kier molecular flexibility index (Phi) is 14.8. The zero-order chi connectivity index (χ0) is 37.0. The van der Waals surface area contributed by atoms with Crippen molar-refractivity contribution >= 4 is 23.6 Å². The van der Waals surface area contributed by atoms with Crippen LogP contribution in [-0.2, 0) is 34.6 Å². The second-order valence-corrected chi connectivity index (χ2v) is 11.4. The average molecular weight is 751 g/mol. The predicted molar refractivity (Wildman–Crippen MR) is 185 cm³/mol. The maximum Gasteiger partial charge on any atom is 4.00 e. The Labute approximate surface area is 319 Å². The number of halogens is 4. The molecule has 4 aliphatic rings. The van der Waals surface area contributed by atoms with Gasteiger partial charge in [0.15, 0.2) is 0 Å². The van der Waals surface area contributed by atoms with Crippen LogP contribution in [0, 0.1) is 47.6 Å². The van der Waals surface area contributed by atoms with Crippen molar-refractivity contribution < 1.29 is 58.5 Å². The number of amides is 4. The van der Waals surface area contributed by atoms with Crippen LogP contribution in [0.3, 0.4) is 0 Å². The van der Waals surface area contributed by atoms with Crippen molar-refractivity contribution in [2.75, 3.05) is 13.1 Å². The first kappa shape index (κ1) is 40.3. The van der Waals surface area contributed by atoms with Crippen LogP contribution in [0.2, 0.25) is 0 Å². The summed E-state index contributed by atoms with van der Waals surface area (Å²) in [4.78, 5) is 50.6. The second kappa shape index (κ2) is 19.4.